The highest BCUT2D eigenvalue weighted by Crippen LogP contribution is 2.46. The van der Waals surface area contributed by atoms with Crippen LogP contribution in [-0.2, 0) is 4.79 Å². The molecule has 0 amide bonds. The second-order valence-electron chi connectivity index (χ2n) is 3.17. The minimum atomic E-state index is -6.38. The van der Waals surface area contributed by atoms with Crippen LogP contribution in [0.2, 0.25) is 0 Å². The SMILES string of the molecule is FC(F)=C(F)F.O=NC(F)(F)C(F)(F)C(F)(F)C(=O)O.O=NC(F)(F)F. The highest BCUT2D eigenvalue weighted by atomic mass is 19.4. The summed E-state index contributed by atoms with van der Waals surface area (Å²) in [7, 11) is 0. The normalized spacial score (nSPS) is 11.9. The number of carboxylic acid groups (broad SMARTS) is 1. The summed E-state index contributed by atoms with van der Waals surface area (Å²) in [6, 6.07) is -5.99. The van der Waals surface area contributed by atoms with Crippen LogP contribution in [0.15, 0.2) is 22.5 Å². The van der Waals surface area contributed by atoms with Crippen molar-refractivity contribution in [3.63, 3.8) is 0 Å². The van der Waals surface area contributed by atoms with Gasteiger partial charge in [0, 0.05) is 10.4 Å². The van der Waals surface area contributed by atoms with E-state index >= 15 is 0 Å². The van der Waals surface area contributed by atoms with Gasteiger partial charge in [-0.1, -0.05) is 0 Å². The van der Waals surface area contributed by atoms with Crippen LogP contribution in [0.5, 0.6) is 0 Å². The van der Waals surface area contributed by atoms with Crippen molar-refractivity contribution in [1.29, 1.82) is 0 Å². The molecule has 0 aliphatic heterocycles. The number of aliphatic carboxylic acids is 1. The van der Waals surface area contributed by atoms with Crippen LogP contribution < -0.4 is 0 Å². The van der Waals surface area contributed by atoms with Gasteiger partial charge in [-0.2, -0.15) is 43.9 Å². The molecule has 0 radical (unpaired) electrons. The van der Waals surface area contributed by atoms with Gasteiger partial charge < -0.3 is 5.11 Å². The molecular weight excluding hydrogens is 423 g/mol. The molecule has 0 bridgehead atoms. The van der Waals surface area contributed by atoms with Crippen molar-refractivity contribution in [1.82, 2.24) is 0 Å². The van der Waals surface area contributed by atoms with Crippen molar-refractivity contribution in [2.75, 3.05) is 0 Å². The smallest absolute Gasteiger partial charge is 0.477 e. The van der Waals surface area contributed by atoms with Gasteiger partial charge in [-0.15, -0.1) is 23.0 Å². The molecule has 0 aromatic heterocycles. The quantitative estimate of drug-likeness (QED) is 0.392. The van der Waals surface area contributed by atoms with Crippen LogP contribution in [0, 0.1) is 9.81 Å². The minimum absolute atomic E-state index is 0.464. The molecule has 0 saturated heterocycles. The second kappa shape index (κ2) is 9.85. The summed E-state index contributed by atoms with van der Waals surface area (Å²) in [4.78, 5) is 27.1. The van der Waals surface area contributed by atoms with E-state index in [0.717, 1.165) is 5.18 Å². The molecule has 26 heavy (non-hydrogen) atoms. The van der Waals surface area contributed by atoms with Gasteiger partial charge in [-0.05, 0) is 0 Å². The van der Waals surface area contributed by atoms with E-state index in [4.69, 9.17) is 14.9 Å². The molecule has 0 aromatic rings. The average Bonchev–Trinajstić information content (AvgIpc) is 2.46. The van der Waals surface area contributed by atoms with Crippen LogP contribution in [0.1, 0.15) is 0 Å². The molecule has 0 fully saturated rings. The van der Waals surface area contributed by atoms with E-state index in [0.29, 0.717) is 5.18 Å². The van der Waals surface area contributed by atoms with Gasteiger partial charge in [0.1, 0.15) is 0 Å². The van der Waals surface area contributed by atoms with Gasteiger partial charge in [0.15, 0.2) is 0 Å². The summed E-state index contributed by atoms with van der Waals surface area (Å²) >= 11 is 0. The molecule has 0 rings (SSSR count). The van der Waals surface area contributed by atoms with E-state index < -0.39 is 42.3 Å². The van der Waals surface area contributed by atoms with Crippen molar-refractivity contribution in [3.8, 4) is 0 Å². The molecule has 0 aliphatic rings. The third-order valence-corrected chi connectivity index (χ3v) is 1.40. The molecule has 0 heterocycles. The summed E-state index contributed by atoms with van der Waals surface area (Å²) in [6.45, 7) is 0. The highest BCUT2D eigenvalue weighted by molar-refractivity contribution is 5.77. The number of hydrogen-bond acceptors (Lipinski definition) is 5. The summed E-state index contributed by atoms with van der Waals surface area (Å²) in [5.41, 5.74) is 0. The Bertz CT molecular complexity index is 511. The molecule has 0 aliphatic carbocycles. The zero-order valence-electron chi connectivity index (χ0n) is 11.0. The van der Waals surface area contributed by atoms with Crippen LogP contribution in [0.25, 0.3) is 0 Å². The minimum Gasteiger partial charge on any atom is -0.477 e. The molecule has 1 N–H and O–H groups in total. The average molecular weight is 424 g/mol. The zero-order chi connectivity index (χ0) is 22.1. The number of nitrogens with zero attached hydrogens (tertiary/aromatic N) is 2. The molecule has 0 aromatic carbocycles. The van der Waals surface area contributed by atoms with Crippen LogP contribution in [0.3, 0.4) is 0 Å². The monoisotopic (exact) mass is 424 g/mol. The molecule has 154 valence electrons. The van der Waals surface area contributed by atoms with E-state index in [1.165, 1.54) is 0 Å². The summed E-state index contributed by atoms with van der Waals surface area (Å²) < 4.78 is 144. The number of alkyl halides is 9. The third-order valence-electron chi connectivity index (χ3n) is 1.40. The lowest BCUT2D eigenvalue weighted by molar-refractivity contribution is -0.300. The zero-order valence-corrected chi connectivity index (χ0v) is 11.0. The van der Waals surface area contributed by atoms with Gasteiger partial charge in [0.25, 0.3) is 0 Å². The van der Waals surface area contributed by atoms with Gasteiger partial charge in [0.2, 0.25) is 0 Å². The largest absolute Gasteiger partial charge is 0.538 e. The van der Waals surface area contributed by atoms with Crippen LogP contribution >= 0.6 is 0 Å². The van der Waals surface area contributed by atoms with Crippen molar-refractivity contribution in [2.24, 2.45) is 10.4 Å². The number of carboxylic acids is 1. The summed E-state index contributed by atoms with van der Waals surface area (Å²) in [6.07, 6.45) is -10.7. The standard InChI is InChI=1S/C4HF6NO3.C2F4.CF3NO/c5-2(6,1(12)13)3(7,8)4(9,10)11-14;3-1(4)2(5)6;2-1(3,4)5-6/h(H,12,13);;. The van der Waals surface area contributed by atoms with E-state index in [1.807, 2.05) is 0 Å². The molecule has 0 saturated carbocycles. The fourth-order valence-corrected chi connectivity index (χ4v) is 0.381. The topological polar surface area (TPSA) is 96.2 Å². The maximum absolute atomic E-state index is 12.1. The Morgan fingerprint density at radius 1 is 0.692 bits per heavy atom. The van der Waals surface area contributed by atoms with Crippen LogP contribution in [0.4, 0.5) is 57.1 Å². The Labute approximate surface area is 131 Å². The fraction of sp³-hybridized carbons (Fsp3) is 0.571. The Kier molecular flexibility index (Phi) is 10.7. The number of hydrogen-bond donors (Lipinski definition) is 1. The fourth-order valence-electron chi connectivity index (χ4n) is 0.381. The van der Waals surface area contributed by atoms with E-state index in [9.17, 15) is 61.9 Å². The predicted octanol–water partition coefficient (Wildman–Crippen LogP) is 4.96. The van der Waals surface area contributed by atoms with Crippen molar-refractivity contribution in [2.45, 2.75) is 24.2 Å². The number of carbonyl (C=O) groups is 1. The van der Waals surface area contributed by atoms with Crippen molar-refractivity contribution >= 4 is 5.97 Å². The predicted molar refractivity (Wildman–Crippen MR) is 51.6 cm³/mol. The van der Waals surface area contributed by atoms with E-state index in [1.54, 1.807) is 0 Å². The molecule has 0 unspecified atom stereocenters. The third kappa shape index (κ3) is 9.11. The Morgan fingerprint density at radius 2 is 0.962 bits per heavy atom. The van der Waals surface area contributed by atoms with Gasteiger partial charge in [-0.25, -0.2) is 4.79 Å². The molecular formula is C7HF13N2O4. The molecule has 0 atom stereocenters. The van der Waals surface area contributed by atoms with Gasteiger partial charge in [0.05, 0.1) is 0 Å². The lowest BCUT2D eigenvalue weighted by Gasteiger charge is -2.25. The second-order valence-corrected chi connectivity index (χ2v) is 3.17. The number of halogens is 13. The van der Waals surface area contributed by atoms with Gasteiger partial charge in [-0.3, -0.25) is 0 Å². The maximum atomic E-state index is 12.1. The molecule has 19 heteroatoms. The first-order valence-corrected chi connectivity index (χ1v) is 4.70. The first-order valence-electron chi connectivity index (χ1n) is 4.70. The van der Waals surface area contributed by atoms with Crippen molar-refractivity contribution < 1.29 is 67.0 Å². The van der Waals surface area contributed by atoms with E-state index in [-0.39, 0.29) is 0 Å². The first-order chi connectivity index (χ1) is 11.2. The van der Waals surface area contributed by atoms with Gasteiger partial charge >= 0.3 is 42.3 Å². The lowest BCUT2D eigenvalue weighted by Crippen LogP contribution is -2.57. The summed E-state index contributed by atoms with van der Waals surface area (Å²) in [5, 5.41) is 8.76. The number of rotatable bonds is 4. The highest BCUT2D eigenvalue weighted by Gasteiger charge is 2.77. The maximum Gasteiger partial charge on any atom is 0.538 e. The Morgan fingerprint density at radius 3 is 1.08 bits per heavy atom. The first kappa shape index (κ1) is 28.3. The number of nitroso groups, excluding NO2 is 2. The molecule has 6 nitrogen and oxygen atoms in total. The Balaban J connectivity index is -0.000000364. The lowest BCUT2D eigenvalue weighted by atomic mass is 10.1. The van der Waals surface area contributed by atoms with Crippen LogP contribution in [-0.4, -0.2) is 35.3 Å². The van der Waals surface area contributed by atoms with Crippen molar-refractivity contribution in [3.05, 3.63) is 22.0 Å². The summed E-state index contributed by atoms with van der Waals surface area (Å²) in [5.74, 6) is -15.9. The van der Waals surface area contributed by atoms with E-state index in [2.05, 4.69) is 0 Å². The Hall–Kier alpha value is -2.50. The molecule has 0 spiro atoms.